The van der Waals surface area contributed by atoms with Gasteiger partial charge in [-0.05, 0) is 31.2 Å². The molecule has 0 saturated carbocycles. The van der Waals surface area contributed by atoms with Crippen LogP contribution in [0.15, 0.2) is 24.3 Å². The standard InChI is InChI=1S/C14H21NO3/c1-3-9-18-13-6-4-5-12(10-13)11-15(2)8-7-14(16)17/h4-6,10H,3,7-9,11H2,1-2H3,(H,16,17). The van der Waals surface area contributed by atoms with Crippen molar-refractivity contribution in [2.75, 3.05) is 20.2 Å². The molecule has 0 saturated heterocycles. The fourth-order valence-corrected chi connectivity index (χ4v) is 1.63. The van der Waals surface area contributed by atoms with Gasteiger partial charge in [-0.3, -0.25) is 4.79 Å². The number of nitrogens with zero attached hydrogens (tertiary/aromatic N) is 1. The van der Waals surface area contributed by atoms with E-state index in [0.29, 0.717) is 6.54 Å². The zero-order valence-corrected chi connectivity index (χ0v) is 11.1. The van der Waals surface area contributed by atoms with Crippen molar-refractivity contribution < 1.29 is 14.6 Å². The van der Waals surface area contributed by atoms with Crippen LogP contribution in [0.2, 0.25) is 0 Å². The van der Waals surface area contributed by atoms with Crippen LogP contribution in [0, 0.1) is 0 Å². The summed E-state index contributed by atoms with van der Waals surface area (Å²) in [4.78, 5) is 12.5. The fraction of sp³-hybridized carbons (Fsp3) is 0.500. The Balaban J connectivity index is 2.47. The number of carboxylic acid groups (broad SMARTS) is 1. The molecule has 18 heavy (non-hydrogen) atoms. The Morgan fingerprint density at radius 2 is 2.22 bits per heavy atom. The summed E-state index contributed by atoms with van der Waals surface area (Å²) in [5.41, 5.74) is 1.14. The number of ether oxygens (including phenoxy) is 1. The number of carboxylic acids is 1. The largest absolute Gasteiger partial charge is 0.494 e. The van der Waals surface area contributed by atoms with E-state index in [9.17, 15) is 4.79 Å². The van der Waals surface area contributed by atoms with Crippen LogP contribution in [-0.2, 0) is 11.3 Å². The molecule has 0 aliphatic rings. The second kappa shape index (κ2) is 7.71. The molecule has 0 aliphatic carbocycles. The highest BCUT2D eigenvalue weighted by Gasteiger charge is 2.04. The molecule has 0 aromatic heterocycles. The van der Waals surface area contributed by atoms with Crippen LogP contribution in [0.5, 0.6) is 5.75 Å². The summed E-state index contributed by atoms with van der Waals surface area (Å²) in [6.45, 7) is 4.08. The van der Waals surface area contributed by atoms with Crippen molar-refractivity contribution in [3.05, 3.63) is 29.8 Å². The monoisotopic (exact) mass is 251 g/mol. The molecule has 0 atom stereocenters. The van der Waals surface area contributed by atoms with Gasteiger partial charge in [0.2, 0.25) is 0 Å². The summed E-state index contributed by atoms with van der Waals surface area (Å²) in [6, 6.07) is 7.94. The van der Waals surface area contributed by atoms with Gasteiger partial charge in [-0.25, -0.2) is 0 Å². The van der Waals surface area contributed by atoms with Gasteiger partial charge in [0.1, 0.15) is 5.75 Å². The third-order valence-electron chi connectivity index (χ3n) is 2.53. The third kappa shape index (κ3) is 5.68. The number of carbonyl (C=O) groups is 1. The van der Waals surface area contributed by atoms with Crippen LogP contribution in [-0.4, -0.2) is 36.2 Å². The van der Waals surface area contributed by atoms with Crippen molar-refractivity contribution in [1.29, 1.82) is 0 Å². The van der Waals surface area contributed by atoms with Crippen molar-refractivity contribution in [1.82, 2.24) is 4.90 Å². The Hall–Kier alpha value is -1.55. The van der Waals surface area contributed by atoms with Crippen LogP contribution >= 0.6 is 0 Å². The zero-order valence-electron chi connectivity index (χ0n) is 11.1. The van der Waals surface area contributed by atoms with Crippen molar-refractivity contribution in [3.8, 4) is 5.75 Å². The third-order valence-corrected chi connectivity index (χ3v) is 2.53. The second-order valence-corrected chi connectivity index (χ2v) is 4.38. The summed E-state index contributed by atoms with van der Waals surface area (Å²) in [5, 5.41) is 8.62. The van der Waals surface area contributed by atoms with Gasteiger partial charge in [0.25, 0.3) is 0 Å². The second-order valence-electron chi connectivity index (χ2n) is 4.38. The van der Waals surface area contributed by atoms with Gasteiger partial charge >= 0.3 is 5.97 Å². The van der Waals surface area contributed by atoms with Crippen LogP contribution in [0.4, 0.5) is 0 Å². The molecule has 100 valence electrons. The molecule has 0 heterocycles. The average molecular weight is 251 g/mol. The van der Waals surface area contributed by atoms with E-state index in [1.54, 1.807) is 0 Å². The molecule has 0 unspecified atom stereocenters. The Morgan fingerprint density at radius 3 is 2.89 bits per heavy atom. The quantitative estimate of drug-likeness (QED) is 0.770. The first-order valence-corrected chi connectivity index (χ1v) is 6.24. The lowest BCUT2D eigenvalue weighted by atomic mass is 10.2. The zero-order chi connectivity index (χ0) is 13.4. The molecular weight excluding hydrogens is 230 g/mol. The maximum atomic E-state index is 10.5. The van der Waals surface area contributed by atoms with Gasteiger partial charge in [0.15, 0.2) is 0 Å². The van der Waals surface area contributed by atoms with E-state index in [-0.39, 0.29) is 6.42 Å². The Kier molecular flexibility index (Phi) is 6.22. The molecule has 4 nitrogen and oxygen atoms in total. The predicted octanol–water partition coefficient (Wildman–Crippen LogP) is 2.38. The molecule has 1 rings (SSSR count). The van der Waals surface area contributed by atoms with Crippen LogP contribution in [0.25, 0.3) is 0 Å². The first-order valence-electron chi connectivity index (χ1n) is 6.24. The topological polar surface area (TPSA) is 49.8 Å². The smallest absolute Gasteiger partial charge is 0.304 e. The summed E-state index contributed by atoms with van der Waals surface area (Å²) < 4.78 is 5.56. The lowest BCUT2D eigenvalue weighted by molar-refractivity contribution is -0.137. The molecule has 0 bridgehead atoms. The van der Waals surface area contributed by atoms with Crippen molar-refractivity contribution in [2.24, 2.45) is 0 Å². The first kappa shape index (κ1) is 14.5. The normalized spacial score (nSPS) is 10.6. The molecule has 0 amide bonds. The Morgan fingerprint density at radius 1 is 1.44 bits per heavy atom. The number of benzene rings is 1. The highest BCUT2D eigenvalue weighted by molar-refractivity contribution is 5.66. The lowest BCUT2D eigenvalue weighted by Gasteiger charge is -2.16. The SMILES string of the molecule is CCCOc1cccc(CN(C)CCC(=O)O)c1. The molecular formula is C14H21NO3. The van der Waals surface area contributed by atoms with E-state index >= 15 is 0 Å². The summed E-state index contributed by atoms with van der Waals surface area (Å²) >= 11 is 0. The minimum Gasteiger partial charge on any atom is -0.494 e. The summed E-state index contributed by atoms with van der Waals surface area (Å²) in [6.07, 6.45) is 1.16. The minimum absolute atomic E-state index is 0.169. The fourth-order valence-electron chi connectivity index (χ4n) is 1.63. The van der Waals surface area contributed by atoms with Crippen LogP contribution < -0.4 is 4.74 Å². The Labute approximate surface area is 108 Å². The highest BCUT2D eigenvalue weighted by Crippen LogP contribution is 2.14. The van der Waals surface area contributed by atoms with Gasteiger partial charge in [-0.1, -0.05) is 19.1 Å². The van der Waals surface area contributed by atoms with Crippen molar-refractivity contribution in [3.63, 3.8) is 0 Å². The number of hydrogen-bond donors (Lipinski definition) is 1. The molecule has 4 heteroatoms. The average Bonchev–Trinajstić information content (AvgIpc) is 2.34. The van der Waals surface area contributed by atoms with Crippen molar-refractivity contribution in [2.45, 2.75) is 26.3 Å². The van der Waals surface area contributed by atoms with E-state index in [4.69, 9.17) is 9.84 Å². The Bertz CT molecular complexity index is 379. The van der Waals surface area contributed by atoms with E-state index in [2.05, 4.69) is 6.92 Å². The maximum Gasteiger partial charge on any atom is 0.304 e. The molecule has 0 aliphatic heterocycles. The van der Waals surface area contributed by atoms with Gasteiger partial charge < -0.3 is 14.7 Å². The number of rotatable bonds is 8. The van der Waals surface area contributed by atoms with Gasteiger partial charge in [-0.2, -0.15) is 0 Å². The van der Waals surface area contributed by atoms with Gasteiger partial charge in [0.05, 0.1) is 13.0 Å². The molecule has 1 N–H and O–H groups in total. The lowest BCUT2D eigenvalue weighted by Crippen LogP contribution is -2.21. The van der Waals surface area contributed by atoms with E-state index < -0.39 is 5.97 Å². The highest BCUT2D eigenvalue weighted by atomic mass is 16.5. The molecule has 0 spiro atoms. The van der Waals surface area contributed by atoms with E-state index in [1.165, 1.54) is 0 Å². The van der Waals surface area contributed by atoms with E-state index in [1.807, 2.05) is 36.2 Å². The van der Waals surface area contributed by atoms with Gasteiger partial charge in [-0.15, -0.1) is 0 Å². The molecule has 0 fully saturated rings. The number of hydrogen-bond acceptors (Lipinski definition) is 3. The first-order chi connectivity index (χ1) is 8.61. The van der Waals surface area contributed by atoms with Crippen LogP contribution in [0.1, 0.15) is 25.3 Å². The summed E-state index contributed by atoms with van der Waals surface area (Å²) in [7, 11) is 1.92. The molecule has 1 aromatic carbocycles. The van der Waals surface area contributed by atoms with Gasteiger partial charge in [0, 0.05) is 13.1 Å². The number of aliphatic carboxylic acids is 1. The molecule has 0 radical (unpaired) electrons. The minimum atomic E-state index is -0.762. The molecule has 1 aromatic rings. The summed E-state index contributed by atoms with van der Waals surface area (Å²) in [5.74, 6) is 0.114. The van der Waals surface area contributed by atoms with Crippen LogP contribution in [0.3, 0.4) is 0 Å². The van der Waals surface area contributed by atoms with E-state index in [0.717, 1.165) is 30.9 Å². The predicted molar refractivity (Wildman–Crippen MR) is 70.8 cm³/mol. The maximum absolute atomic E-state index is 10.5. The van der Waals surface area contributed by atoms with Crippen molar-refractivity contribution >= 4 is 5.97 Å².